The zero-order valence-electron chi connectivity index (χ0n) is 7.58. The van der Waals surface area contributed by atoms with Gasteiger partial charge in [-0.3, -0.25) is 9.59 Å². The molecule has 5 heteroatoms. The molecule has 0 aliphatic rings. The molecule has 0 saturated heterocycles. The fourth-order valence-electron chi connectivity index (χ4n) is 0.869. The van der Waals surface area contributed by atoms with Crippen LogP contribution in [0.4, 0.5) is 0 Å². The summed E-state index contributed by atoms with van der Waals surface area (Å²) in [5, 5.41) is 10.5. The van der Waals surface area contributed by atoms with E-state index in [2.05, 4.69) is 5.32 Å². The van der Waals surface area contributed by atoms with Crippen LogP contribution >= 0.6 is 0 Å². The molecule has 0 rings (SSSR count). The topological polar surface area (TPSA) is 92.4 Å². The highest BCUT2D eigenvalue weighted by Crippen LogP contribution is 1.97. The van der Waals surface area contributed by atoms with Gasteiger partial charge in [0.05, 0.1) is 0 Å². The molecule has 5 nitrogen and oxygen atoms in total. The lowest BCUT2D eigenvalue weighted by atomic mass is 10.2. The number of hydrogen-bond acceptors (Lipinski definition) is 3. The molecule has 0 heterocycles. The van der Waals surface area contributed by atoms with E-state index in [1.807, 2.05) is 0 Å². The Bertz CT molecular complexity index is 171. The van der Waals surface area contributed by atoms with Gasteiger partial charge in [-0.2, -0.15) is 0 Å². The summed E-state index contributed by atoms with van der Waals surface area (Å²) in [6.07, 6.45) is 2.97. The van der Waals surface area contributed by atoms with Crippen LogP contribution in [0.2, 0.25) is 0 Å². The smallest absolute Gasteiger partial charge is 0.322 e. The third-order valence-corrected chi connectivity index (χ3v) is 1.54. The van der Waals surface area contributed by atoms with Gasteiger partial charge in [0.1, 0.15) is 6.54 Å². The minimum absolute atomic E-state index is 0.209. The predicted molar refractivity (Wildman–Crippen MR) is 48.2 cm³/mol. The minimum Gasteiger partial charge on any atom is -0.480 e. The average Bonchev–Trinajstić information content (AvgIpc) is 2.09. The summed E-state index contributed by atoms with van der Waals surface area (Å²) in [6, 6.07) is 0. The Balaban J connectivity index is 3.25. The van der Waals surface area contributed by atoms with Crippen LogP contribution in [0.1, 0.15) is 25.7 Å². The first-order valence-electron chi connectivity index (χ1n) is 4.35. The number of carbonyl (C=O) groups excluding carboxylic acids is 1. The zero-order valence-corrected chi connectivity index (χ0v) is 7.58. The van der Waals surface area contributed by atoms with Crippen molar-refractivity contribution >= 4 is 11.9 Å². The zero-order chi connectivity index (χ0) is 10.1. The quantitative estimate of drug-likeness (QED) is 0.478. The number of carboxylic acids is 1. The molecule has 4 N–H and O–H groups in total. The SMILES string of the molecule is NCCCCCC(=O)NCC(=O)O. The van der Waals surface area contributed by atoms with Crippen molar-refractivity contribution in [2.75, 3.05) is 13.1 Å². The number of amides is 1. The molecule has 0 aromatic carbocycles. The van der Waals surface area contributed by atoms with Crippen molar-refractivity contribution in [1.82, 2.24) is 5.32 Å². The van der Waals surface area contributed by atoms with Gasteiger partial charge in [0.25, 0.3) is 0 Å². The Hall–Kier alpha value is -1.10. The third-order valence-electron chi connectivity index (χ3n) is 1.54. The first-order valence-corrected chi connectivity index (χ1v) is 4.35. The lowest BCUT2D eigenvalue weighted by Crippen LogP contribution is -2.28. The second-order valence-corrected chi connectivity index (χ2v) is 2.77. The van der Waals surface area contributed by atoms with Crippen LogP contribution in [0, 0.1) is 0 Å². The number of carbonyl (C=O) groups is 2. The van der Waals surface area contributed by atoms with E-state index in [4.69, 9.17) is 10.8 Å². The van der Waals surface area contributed by atoms with Crippen LogP contribution in [0.3, 0.4) is 0 Å². The Morgan fingerprint density at radius 3 is 2.46 bits per heavy atom. The van der Waals surface area contributed by atoms with Gasteiger partial charge in [-0.05, 0) is 19.4 Å². The Morgan fingerprint density at radius 1 is 1.23 bits per heavy atom. The van der Waals surface area contributed by atoms with Crippen LogP contribution in [-0.4, -0.2) is 30.1 Å². The van der Waals surface area contributed by atoms with Gasteiger partial charge in [0.2, 0.25) is 5.91 Å². The normalized spacial score (nSPS) is 9.62. The van der Waals surface area contributed by atoms with E-state index < -0.39 is 5.97 Å². The molecule has 0 aromatic heterocycles. The number of carboxylic acid groups (broad SMARTS) is 1. The van der Waals surface area contributed by atoms with Crippen LogP contribution in [0.25, 0.3) is 0 Å². The molecule has 1 amide bonds. The number of hydrogen-bond donors (Lipinski definition) is 3. The van der Waals surface area contributed by atoms with E-state index in [9.17, 15) is 9.59 Å². The standard InChI is InChI=1S/C8H16N2O3/c9-5-3-1-2-4-7(11)10-6-8(12)13/h1-6,9H2,(H,10,11)(H,12,13). The fraction of sp³-hybridized carbons (Fsp3) is 0.750. The molecule has 0 aliphatic heterocycles. The van der Waals surface area contributed by atoms with Crippen molar-refractivity contribution in [3.05, 3.63) is 0 Å². The summed E-state index contributed by atoms with van der Waals surface area (Å²) in [4.78, 5) is 21.0. The second kappa shape index (κ2) is 7.54. The summed E-state index contributed by atoms with van der Waals surface area (Å²) in [7, 11) is 0. The largest absolute Gasteiger partial charge is 0.480 e. The summed E-state index contributed by atoms with van der Waals surface area (Å²) in [5.74, 6) is -1.23. The van der Waals surface area contributed by atoms with Crippen molar-refractivity contribution in [2.45, 2.75) is 25.7 Å². The Kier molecular flexibility index (Phi) is 6.91. The van der Waals surface area contributed by atoms with Gasteiger partial charge in [-0.15, -0.1) is 0 Å². The van der Waals surface area contributed by atoms with Crippen LogP contribution < -0.4 is 11.1 Å². The number of aliphatic carboxylic acids is 1. The molecule has 0 atom stereocenters. The van der Waals surface area contributed by atoms with Gasteiger partial charge < -0.3 is 16.2 Å². The van der Waals surface area contributed by atoms with Gasteiger partial charge in [-0.1, -0.05) is 6.42 Å². The highest BCUT2D eigenvalue weighted by molar-refractivity contribution is 5.80. The van der Waals surface area contributed by atoms with Crippen molar-refractivity contribution in [3.63, 3.8) is 0 Å². The molecular formula is C8H16N2O3. The maximum absolute atomic E-state index is 10.9. The molecule has 0 fully saturated rings. The molecule has 0 radical (unpaired) electrons. The first-order chi connectivity index (χ1) is 6.16. The first kappa shape index (κ1) is 11.9. The van der Waals surface area contributed by atoms with Crippen molar-refractivity contribution in [2.24, 2.45) is 5.73 Å². The van der Waals surface area contributed by atoms with Crippen molar-refractivity contribution < 1.29 is 14.7 Å². The van der Waals surface area contributed by atoms with Crippen LogP contribution in [-0.2, 0) is 9.59 Å². The Labute approximate surface area is 77.3 Å². The fourth-order valence-corrected chi connectivity index (χ4v) is 0.869. The molecule has 0 bridgehead atoms. The maximum Gasteiger partial charge on any atom is 0.322 e. The van der Waals surface area contributed by atoms with Gasteiger partial charge >= 0.3 is 5.97 Å². The van der Waals surface area contributed by atoms with Crippen LogP contribution in [0.15, 0.2) is 0 Å². The molecule has 0 aliphatic carbocycles. The number of nitrogens with two attached hydrogens (primary N) is 1. The van der Waals surface area contributed by atoms with Crippen molar-refractivity contribution in [1.29, 1.82) is 0 Å². The highest BCUT2D eigenvalue weighted by atomic mass is 16.4. The monoisotopic (exact) mass is 188 g/mol. The summed E-state index contributed by atoms with van der Waals surface area (Å²) >= 11 is 0. The molecule has 13 heavy (non-hydrogen) atoms. The summed E-state index contributed by atoms with van der Waals surface area (Å²) < 4.78 is 0. The van der Waals surface area contributed by atoms with E-state index in [1.54, 1.807) is 0 Å². The molecule has 0 aromatic rings. The van der Waals surface area contributed by atoms with Gasteiger partial charge in [0.15, 0.2) is 0 Å². The Morgan fingerprint density at radius 2 is 1.92 bits per heavy atom. The molecule has 76 valence electrons. The molecule has 0 spiro atoms. The third kappa shape index (κ3) is 8.81. The maximum atomic E-state index is 10.9. The summed E-state index contributed by atoms with van der Waals surface area (Å²) in [6.45, 7) is 0.340. The lowest BCUT2D eigenvalue weighted by molar-refractivity contribution is -0.137. The van der Waals surface area contributed by atoms with Gasteiger partial charge in [-0.25, -0.2) is 0 Å². The second-order valence-electron chi connectivity index (χ2n) is 2.77. The minimum atomic E-state index is -1.02. The average molecular weight is 188 g/mol. The molecule has 0 saturated carbocycles. The van der Waals surface area contributed by atoms with Gasteiger partial charge in [0, 0.05) is 6.42 Å². The highest BCUT2D eigenvalue weighted by Gasteiger charge is 2.02. The number of unbranched alkanes of at least 4 members (excludes halogenated alkanes) is 2. The number of rotatable bonds is 7. The van der Waals surface area contributed by atoms with Crippen LogP contribution in [0.5, 0.6) is 0 Å². The summed E-state index contributed by atoms with van der Waals surface area (Å²) in [5.41, 5.74) is 5.27. The van der Waals surface area contributed by atoms with E-state index in [-0.39, 0.29) is 12.5 Å². The van der Waals surface area contributed by atoms with E-state index in [0.29, 0.717) is 13.0 Å². The van der Waals surface area contributed by atoms with E-state index in [1.165, 1.54) is 0 Å². The molecule has 0 unspecified atom stereocenters. The lowest BCUT2D eigenvalue weighted by Gasteiger charge is -2.01. The molecular weight excluding hydrogens is 172 g/mol. The van der Waals surface area contributed by atoms with E-state index in [0.717, 1.165) is 19.3 Å². The number of nitrogens with one attached hydrogen (secondary N) is 1. The van der Waals surface area contributed by atoms with Crippen molar-refractivity contribution in [3.8, 4) is 0 Å². The predicted octanol–water partition coefficient (Wildman–Crippen LogP) is -0.294. The van der Waals surface area contributed by atoms with E-state index >= 15 is 0 Å².